The van der Waals surface area contributed by atoms with Crippen molar-refractivity contribution in [2.24, 2.45) is 7.05 Å². The minimum absolute atomic E-state index is 0.0523. The van der Waals surface area contributed by atoms with E-state index in [1.54, 1.807) is 6.20 Å². The van der Waals surface area contributed by atoms with E-state index >= 15 is 0 Å². The van der Waals surface area contributed by atoms with Crippen LogP contribution in [0.5, 0.6) is 0 Å². The summed E-state index contributed by atoms with van der Waals surface area (Å²) < 4.78 is 1.90. The molecule has 5 nitrogen and oxygen atoms in total. The summed E-state index contributed by atoms with van der Waals surface area (Å²) in [5.41, 5.74) is 1.73. The van der Waals surface area contributed by atoms with Crippen LogP contribution in [0.15, 0.2) is 35.7 Å². The summed E-state index contributed by atoms with van der Waals surface area (Å²) in [5.74, 6) is 0.264. The molecule has 1 saturated heterocycles. The van der Waals surface area contributed by atoms with Gasteiger partial charge in [-0.25, -0.2) is 4.98 Å². The highest BCUT2D eigenvalue weighted by Crippen LogP contribution is 2.35. The van der Waals surface area contributed by atoms with E-state index in [1.165, 1.54) is 18.2 Å². The Morgan fingerprint density at radius 2 is 2.12 bits per heavy atom. The number of thioether (sulfide) groups is 1. The first kappa shape index (κ1) is 17.2. The number of hydrogen-bond donors (Lipinski definition) is 1. The third-order valence-corrected chi connectivity index (χ3v) is 5.41. The summed E-state index contributed by atoms with van der Waals surface area (Å²) in [7, 11) is 1.92. The van der Waals surface area contributed by atoms with E-state index in [0.29, 0.717) is 10.8 Å². The summed E-state index contributed by atoms with van der Waals surface area (Å²) in [6.07, 6.45) is 7.17. The molecule has 0 saturated carbocycles. The molecule has 0 radical (unpaired) electrons. The molecular weight excluding hydrogens is 344 g/mol. The number of nitrogens with one attached hydrogen (secondary N) is 1. The zero-order valence-corrected chi connectivity index (χ0v) is 15.2. The van der Waals surface area contributed by atoms with Crippen molar-refractivity contribution in [2.75, 3.05) is 29.1 Å². The van der Waals surface area contributed by atoms with Crippen LogP contribution in [-0.2, 0) is 11.8 Å². The van der Waals surface area contributed by atoms with E-state index in [0.717, 1.165) is 42.5 Å². The van der Waals surface area contributed by atoms with E-state index in [2.05, 4.69) is 15.2 Å². The first-order valence-corrected chi connectivity index (χ1v) is 9.45. The average molecular weight is 365 g/mol. The number of carbonyl (C=O) groups excluding carboxylic acids is 1. The largest absolute Gasteiger partial charge is 0.369 e. The predicted octanol–water partition coefficient (Wildman–Crippen LogP) is 3.79. The molecule has 1 aliphatic heterocycles. The van der Waals surface area contributed by atoms with Gasteiger partial charge in [0.1, 0.15) is 0 Å². The Labute approximate surface area is 151 Å². The molecule has 0 bridgehead atoms. The van der Waals surface area contributed by atoms with Gasteiger partial charge in [0.2, 0.25) is 5.91 Å². The standard InChI is InChI=1S/C17H21ClN4OS/c1-21-11-8-19-17(21)24-12-15(23)20-14-7-5-6-13(18)16(14)22-9-3-2-4-10-22/h5-8,11H,2-4,9-10,12H2,1H3,(H,20,23). The van der Waals surface area contributed by atoms with Gasteiger partial charge in [-0.15, -0.1) is 0 Å². The van der Waals surface area contributed by atoms with Crippen LogP contribution >= 0.6 is 23.4 Å². The first-order chi connectivity index (χ1) is 11.6. The van der Waals surface area contributed by atoms with Gasteiger partial charge in [-0.1, -0.05) is 29.4 Å². The number of nitrogens with zero attached hydrogens (tertiary/aromatic N) is 3. The van der Waals surface area contributed by atoms with Crippen molar-refractivity contribution in [3.8, 4) is 0 Å². The highest BCUT2D eigenvalue weighted by molar-refractivity contribution is 7.99. The number of carbonyl (C=O) groups is 1. The molecule has 24 heavy (non-hydrogen) atoms. The normalized spacial score (nSPS) is 14.7. The summed E-state index contributed by atoms with van der Waals surface area (Å²) in [5, 5.41) is 4.52. The van der Waals surface area contributed by atoms with E-state index in [4.69, 9.17) is 11.6 Å². The molecule has 3 rings (SSSR count). The first-order valence-electron chi connectivity index (χ1n) is 8.08. The summed E-state index contributed by atoms with van der Waals surface area (Å²) in [6.45, 7) is 1.96. The molecule has 1 N–H and O–H groups in total. The van der Waals surface area contributed by atoms with Crippen molar-refractivity contribution < 1.29 is 4.79 Å². The molecule has 7 heteroatoms. The number of benzene rings is 1. The molecule has 0 aliphatic carbocycles. The average Bonchev–Trinajstić information content (AvgIpc) is 2.99. The quantitative estimate of drug-likeness (QED) is 0.820. The minimum atomic E-state index is -0.0523. The number of hydrogen-bond acceptors (Lipinski definition) is 4. The molecule has 1 aliphatic rings. The lowest BCUT2D eigenvalue weighted by Gasteiger charge is -2.31. The Morgan fingerprint density at radius 3 is 2.83 bits per heavy atom. The second-order valence-electron chi connectivity index (χ2n) is 5.84. The SMILES string of the molecule is Cn1ccnc1SCC(=O)Nc1cccc(Cl)c1N1CCCCC1. The highest BCUT2D eigenvalue weighted by Gasteiger charge is 2.19. The van der Waals surface area contributed by atoms with Crippen molar-refractivity contribution in [1.29, 1.82) is 0 Å². The molecule has 0 atom stereocenters. The Balaban J connectivity index is 1.69. The third kappa shape index (κ3) is 4.05. The van der Waals surface area contributed by atoms with Crippen molar-refractivity contribution >= 4 is 40.6 Å². The molecule has 1 fully saturated rings. The molecule has 1 aromatic heterocycles. The number of halogens is 1. The number of piperidine rings is 1. The van der Waals surface area contributed by atoms with Crippen LogP contribution in [0.4, 0.5) is 11.4 Å². The van der Waals surface area contributed by atoms with Gasteiger partial charge < -0.3 is 14.8 Å². The molecule has 1 amide bonds. The number of rotatable bonds is 5. The van der Waals surface area contributed by atoms with Crippen molar-refractivity contribution in [3.63, 3.8) is 0 Å². The molecule has 0 unspecified atom stereocenters. The van der Waals surface area contributed by atoms with E-state index in [1.807, 2.05) is 36.0 Å². The van der Waals surface area contributed by atoms with Gasteiger partial charge >= 0.3 is 0 Å². The van der Waals surface area contributed by atoms with Crippen LogP contribution in [-0.4, -0.2) is 34.3 Å². The van der Waals surface area contributed by atoms with Gasteiger partial charge in [-0.3, -0.25) is 4.79 Å². The predicted molar refractivity (Wildman–Crippen MR) is 100 cm³/mol. The zero-order chi connectivity index (χ0) is 16.9. The van der Waals surface area contributed by atoms with Gasteiger partial charge in [0.25, 0.3) is 0 Å². The van der Waals surface area contributed by atoms with E-state index < -0.39 is 0 Å². The van der Waals surface area contributed by atoms with Gasteiger partial charge in [0, 0.05) is 32.5 Å². The lowest BCUT2D eigenvalue weighted by molar-refractivity contribution is -0.113. The fourth-order valence-electron chi connectivity index (χ4n) is 2.86. The lowest BCUT2D eigenvalue weighted by Crippen LogP contribution is -2.31. The monoisotopic (exact) mass is 364 g/mol. The minimum Gasteiger partial charge on any atom is -0.369 e. The Morgan fingerprint density at radius 1 is 1.33 bits per heavy atom. The maximum Gasteiger partial charge on any atom is 0.234 e. The van der Waals surface area contributed by atoms with Crippen LogP contribution in [0.1, 0.15) is 19.3 Å². The van der Waals surface area contributed by atoms with Crippen molar-refractivity contribution in [3.05, 3.63) is 35.6 Å². The second kappa shape index (κ2) is 7.94. The van der Waals surface area contributed by atoms with Gasteiger partial charge in [0.05, 0.1) is 22.2 Å². The molecular formula is C17H21ClN4OS. The number of para-hydroxylation sites is 1. The van der Waals surface area contributed by atoms with Crippen LogP contribution in [0.25, 0.3) is 0 Å². The highest BCUT2D eigenvalue weighted by atomic mass is 35.5. The second-order valence-corrected chi connectivity index (χ2v) is 7.19. The zero-order valence-electron chi connectivity index (χ0n) is 13.7. The summed E-state index contributed by atoms with van der Waals surface area (Å²) >= 11 is 7.83. The number of amides is 1. The molecule has 128 valence electrons. The Hall–Kier alpha value is -1.66. The maximum absolute atomic E-state index is 12.3. The van der Waals surface area contributed by atoms with Crippen LogP contribution in [0, 0.1) is 0 Å². The van der Waals surface area contributed by atoms with Crippen LogP contribution in [0.3, 0.4) is 0 Å². The van der Waals surface area contributed by atoms with Crippen LogP contribution in [0.2, 0.25) is 5.02 Å². The number of imidazole rings is 1. The van der Waals surface area contributed by atoms with Crippen molar-refractivity contribution in [2.45, 2.75) is 24.4 Å². The van der Waals surface area contributed by atoms with E-state index in [-0.39, 0.29) is 5.91 Å². The maximum atomic E-state index is 12.3. The van der Waals surface area contributed by atoms with E-state index in [9.17, 15) is 4.79 Å². The lowest BCUT2D eigenvalue weighted by atomic mass is 10.1. The number of anilines is 2. The fraction of sp³-hybridized carbons (Fsp3) is 0.412. The fourth-order valence-corrected chi connectivity index (χ4v) is 3.89. The molecule has 2 heterocycles. The van der Waals surface area contributed by atoms with Crippen LogP contribution < -0.4 is 10.2 Å². The summed E-state index contributed by atoms with van der Waals surface area (Å²) in [4.78, 5) is 18.8. The molecule has 1 aromatic carbocycles. The molecule has 0 spiro atoms. The van der Waals surface area contributed by atoms with Gasteiger partial charge in [0.15, 0.2) is 5.16 Å². The topological polar surface area (TPSA) is 50.2 Å². The number of aryl methyl sites for hydroxylation is 1. The molecule has 2 aromatic rings. The Kier molecular flexibility index (Phi) is 5.68. The smallest absolute Gasteiger partial charge is 0.234 e. The summed E-state index contributed by atoms with van der Waals surface area (Å²) in [6, 6.07) is 5.67. The van der Waals surface area contributed by atoms with Gasteiger partial charge in [-0.2, -0.15) is 0 Å². The Bertz CT molecular complexity index is 712. The third-order valence-electron chi connectivity index (χ3n) is 4.04. The van der Waals surface area contributed by atoms with Crippen molar-refractivity contribution in [1.82, 2.24) is 9.55 Å². The number of aromatic nitrogens is 2. The van der Waals surface area contributed by atoms with Gasteiger partial charge in [-0.05, 0) is 31.4 Å².